The smallest absolute Gasteiger partial charge is 0.410 e. The second-order valence-corrected chi connectivity index (χ2v) is 6.82. The summed E-state index contributed by atoms with van der Waals surface area (Å²) in [6, 6.07) is 0. The molecule has 1 aliphatic heterocycles. The molecular weight excluding hydrogens is 258 g/mol. The van der Waals surface area contributed by atoms with E-state index < -0.39 is 5.60 Å². The molecule has 0 bridgehead atoms. The van der Waals surface area contributed by atoms with E-state index in [9.17, 15) is 9.59 Å². The Hall–Kier alpha value is -1.26. The lowest BCUT2D eigenvalue weighted by atomic mass is 9.98. The molecule has 0 radical (unpaired) electrons. The first-order valence-corrected chi connectivity index (χ1v) is 7.50. The van der Waals surface area contributed by atoms with Crippen LogP contribution in [0, 0.1) is 11.8 Å². The summed E-state index contributed by atoms with van der Waals surface area (Å²) in [5.41, 5.74) is -0.451. The van der Waals surface area contributed by atoms with Crippen LogP contribution in [0.25, 0.3) is 0 Å². The molecule has 1 amide bonds. The Morgan fingerprint density at radius 1 is 1.10 bits per heavy atom. The highest BCUT2D eigenvalue weighted by Crippen LogP contribution is 2.30. The van der Waals surface area contributed by atoms with Gasteiger partial charge in [-0.15, -0.1) is 0 Å². The van der Waals surface area contributed by atoms with Crippen LogP contribution in [-0.2, 0) is 14.3 Å². The van der Waals surface area contributed by atoms with Crippen molar-refractivity contribution >= 4 is 12.1 Å². The van der Waals surface area contributed by atoms with Crippen LogP contribution in [0.5, 0.6) is 0 Å². The summed E-state index contributed by atoms with van der Waals surface area (Å²) in [4.78, 5) is 25.1. The lowest BCUT2D eigenvalue weighted by Gasteiger charge is -2.33. The van der Waals surface area contributed by atoms with Gasteiger partial charge in [-0.3, -0.25) is 4.79 Å². The van der Waals surface area contributed by atoms with Crippen molar-refractivity contribution in [2.45, 2.75) is 52.1 Å². The third-order valence-corrected chi connectivity index (χ3v) is 3.64. The Morgan fingerprint density at radius 2 is 1.70 bits per heavy atom. The van der Waals surface area contributed by atoms with Crippen molar-refractivity contribution < 1.29 is 19.1 Å². The van der Waals surface area contributed by atoms with Crippen LogP contribution in [0.3, 0.4) is 0 Å². The lowest BCUT2D eigenvalue weighted by molar-refractivity contribution is -0.147. The number of carbonyl (C=O) groups is 2. The number of likely N-dealkylation sites (tertiary alicyclic amines) is 1. The monoisotopic (exact) mass is 283 g/mol. The predicted octanol–water partition coefficient (Wildman–Crippen LogP) is 2.59. The third kappa shape index (κ3) is 4.69. The van der Waals surface area contributed by atoms with Crippen LogP contribution in [0.4, 0.5) is 4.79 Å². The molecule has 1 heterocycles. The normalized spacial score (nSPS) is 20.6. The predicted molar refractivity (Wildman–Crippen MR) is 74.2 cm³/mol. The number of esters is 1. The molecule has 0 aromatic carbocycles. The van der Waals surface area contributed by atoms with Gasteiger partial charge < -0.3 is 14.4 Å². The largest absolute Gasteiger partial charge is 0.465 e. The number of piperidine rings is 1. The van der Waals surface area contributed by atoms with E-state index in [1.165, 1.54) is 0 Å². The minimum Gasteiger partial charge on any atom is -0.465 e. The van der Waals surface area contributed by atoms with Crippen molar-refractivity contribution in [2.75, 3.05) is 19.7 Å². The van der Waals surface area contributed by atoms with E-state index in [1.807, 2.05) is 20.8 Å². The highest BCUT2D eigenvalue weighted by molar-refractivity contribution is 5.74. The fourth-order valence-corrected chi connectivity index (χ4v) is 2.25. The van der Waals surface area contributed by atoms with E-state index >= 15 is 0 Å². The van der Waals surface area contributed by atoms with Crippen LogP contribution in [-0.4, -0.2) is 42.3 Å². The zero-order chi connectivity index (χ0) is 14.8. The van der Waals surface area contributed by atoms with Gasteiger partial charge in [0.15, 0.2) is 0 Å². The Morgan fingerprint density at radius 3 is 2.20 bits per heavy atom. The number of amides is 1. The molecule has 5 heteroatoms. The standard InChI is InChI=1S/C15H25NO4/c1-15(2,3)20-14(18)16-8-6-11(7-9-16)10-19-13(17)12-4-5-12/h11-12H,4-10H2,1-3H3. The number of carbonyl (C=O) groups excluding carboxylic acids is 2. The molecule has 0 spiro atoms. The summed E-state index contributed by atoms with van der Waals surface area (Å²) in [5, 5.41) is 0. The molecular formula is C15H25NO4. The fourth-order valence-electron chi connectivity index (χ4n) is 2.25. The molecule has 0 unspecified atom stereocenters. The molecule has 114 valence electrons. The van der Waals surface area contributed by atoms with Crippen LogP contribution in [0.2, 0.25) is 0 Å². The molecule has 1 saturated carbocycles. The molecule has 0 N–H and O–H groups in total. The highest BCUT2D eigenvalue weighted by atomic mass is 16.6. The van der Waals surface area contributed by atoms with E-state index in [0.29, 0.717) is 25.6 Å². The average Bonchev–Trinajstić information content (AvgIpc) is 3.18. The van der Waals surface area contributed by atoms with Gasteiger partial charge >= 0.3 is 12.1 Å². The number of hydrogen-bond acceptors (Lipinski definition) is 4. The molecule has 2 aliphatic rings. The van der Waals surface area contributed by atoms with Gasteiger partial charge in [-0.1, -0.05) is 0 Å². The fraction of sp³-hybridized carbons (Fsp3) is 0.867. The second-order valence-electron chi connectivity index (χ2n) is 6.82. The van der Waals surface area contributed by atoms with Crippen LogP contribution >= 0.6 is 0 Å². The molecule has 0 aromatic rings. The molecule has 2 rings (SSSR count). The summed E-state index contributed by atoms with van der Waals surface area (Å²) in [7, 11) is 0. The van der Waals surface area contributed by atoms with Gasteiger partial charge in [-0.25, -0.2) is 4.79 Å². The summed E-state index contributed by atoms with van der Waals surface area (Å²) < 4.78 is 10.7. The van der Waals surface area contributed by atoms with E-state index in [0.717, 1.165) is 25.7 Å². The topological polar surface area (TPSA) is 55.8 Å². The van der Waals surface area contributed by atoms with Gasteiger partial charge in [0.1, 0.15) is 5.60 Å². The van der Waals surface area contributed by atoms with E-state index in [4.69, 9.17) is 9.47 Å². The Balaban J connectivity index is 1.66. The van der Waals surface area contributed by atoms with Crippen molar-refractivity contribution in [2.24, 2.45) is 11.8 Å². The number of ether oxygens (including phenoxy) is 2. The molecule has 2 fully saturated rings. The van der Waals surface area contributed by atoms with Gasteiger partial charge in [0.25, 0.3) is 0 Å². The van der Waals surface area contributed by atoms with Crippen molar-refractivity contribution in [1.82, 2.24) is 4.90 Å². The maximum absolute atomic E-state index is 11.9. The number of nitrogens with zero attached hydrogens (tertiary/aromatic N) is 1. The highest BCUT2D eigenvalue weighted by Gasteiger charge is 2.32. The Bertz CT molecular complexity index is 363. The van der Waals surface area contributed by atoms with E-state index in [2.05, 4.69) is 0 Å². The van der Waals surface area contributed by atoms with Crippen LogP contribution < -0.4 is 0 Å². The lowest BCUT2D eigenvalue weighted by Crippen LogP contribution is -2.42. The Kier molecular flexibility index (Phi) is 4.55. The minimum atomic E-state index is -0.451. The van der Waals surface area contributed by atoms with Crippen molar-refractivity contribution in [3.8, 4) is 0 Å². The van der Waals surface area contributed by atoms with E-state index in [-0.39, 0.29) is 18.0 Å². The first-order valence-electron chi connectivity index (χ1n) is 7.50. The van der Waals surface area contributed by atoms with Gasteiger partial charge in [-0.05, 0) is 52.4 Å². The second kappa shape index (κ2) is 6.02. The SMILES string of the molecule is CC(C)(C)OC(=O)N1CCC(COC(=O)C2CC2)CC1. The molecule has 0 atom stereocenters. The molecule has 5 nitrogen and oxygen atoms in total. The van der Waals surface area contributed by atoms with Crippen molar-refractivity contribution in [1.29, 1.82) is 0 Å². The maximum Gasteiger partial charge on any atom is 0.410 e. The Labute approximate surface area is 120 Å². The summed E-state index contributed by atoms with van der Waals surface area (Å²) in [5.74, 6) is 0.493. The van der Waals surface area contributed by atoms with Crippen LogP contribution in [0.1, 0.15) is 46.5 Å². The van der Waals surface area contributed by atoms with Crippen molar-refractivity contribution in [3.05, 3.63) is 0 Å². The summed E-state index contributed by atoms with van der Waals surface area (Å²) in [6.07, 6.45) is 3.46. The van der Waals surface area contributed by atoms with Crippen LogP contribution in [0.15, 0.2) is 0 Å². The summed E-state index contributed by atoms with van der Waals surface area (Å²) in [6.45, 7) is 7.47. The molecule has 1 saturated heterocycles. The van der Waals surface area contributed by atoms with Gasteiger partial charge in [0.2, 0.25) is 0 Å². The quantitative estimate of drug-likeness (QED) is 0.747. The maximum atomic E-state index is 11.9. The molecule has 0 aromatic heterocycles. The number of rotatable bonds is 3. The molecule has 1 aliphatic carbocycles. The summed E-state index contributed by atoms with van der Waals surface area (Å²) >= 11 is 0. The first kappa shape index (κ1) is 15.1. The minimum absolute atomic E-state index is 0.0421. The van der Waals surface area contributed by atoms with Gasteiger partial charge in [0.05, 0.1) is 12.5 Å². The third-order valence-electron chi connectivity index (χ3n) is 3.64. The molecule has 20 heavy (non-hydrogen) atoms. The average molecular weight is 283 g/mol. The van der Waals surface area contributed by atoms with Crippen molar-refractivity contribution in [3.63, 3.8) is 0 Å². The van der Waals surface area contributed by atoms with Gasteiger partial charge in [-0.2, -0.15) is 0 Å². The van der Waals surface area contributed by atoms with Gasteiger partial charge in [0, 0.05) is 13.1 Å². The zero-order valence-electron chi connectivity index (χ0n) is 12.7. The number of hydrogen-bond donors (Lipinski definition) is 0. The zero-order valence-corrected chi connectivity index (χ0v) is 12.7. The van der Waals surface area contributed by atoms with E-state index in [1.54, 1.807) is 4.90 Å². The first-order chi connectivity index (χ1) is 9.35.